The number of aryl methyl sites for hydroxylation is 2. The minimum absolute atomic E-state index is 0.226. The van der Waals surface area contributed by atoms with Gasteiger partial charge in [0.1, 0.15) is 0 Å². The maximum atomic E-state index is 13.0. The Labute approximate surface area is 189 Å². The van der Waals surface area contributed by atoms with Crippen LogP contribution in [0.2, 0.25) is 0 Å². The van der Waals surface area contributed by atoms with E-state index in [0.717, 1.165) is 33.6 Å². The fourth-order valence-electron chi connectivity index (χ4n) is 3.60. The van der Waals surface area contributed by atoms with Crippen molar-refractivity contribution in [2.75, 3.05) is 0 Å². The van der Waals surface area contributed by atoms with Gasteiger partial charge in [-0.15, -0.1) is 0 Å². The van der Waals surface area contributed by atoms with Gasteiger partial charge >= 0.3 is 0 Å². The molecule has 0 aliphatic carbocycles. The molecule has 3 aromatic carbocycles. The van der Waals surface area contributed by atoms with Crippen LogP contribution < -0.4 is 9.29 Å². The molecule has 0 aliphatic heterocycles. The van der Waals surface area contributed by atoms with Crippen LogP contribution in [0.15, 0.2) is 114 Å². The highest BCUT2D eigenvalue weighted by Gasteiger charge is 2.23. The lowest BCUT2D eigenvalue weighted by atomic mass is 10.0. The van der Waals surface area contributed by atoms with Gasteiger partial charge < -0.3 is 0 Å². The second-order valence-corrected chi connectivity index (χ2v) is 9.32. The van der Waals surface area contributed by atoms with E-state index in [-0.39, 0.29) is 4.90 Å². The highest BCUT2D eigenvalue weighted by Crippen LogP contribution is 2.22. The molecule has 0 fully saturated rings. The summed E-state index contributed by atoms with van der Waals surface area (Å²) in [5.74, 6) is 0. The number of aromatic nitrogens is 1. The molecule has 0 amide bonds. The molecule has 1 heterocycles. The van der Waals surface area contributed by atoms with E-state index in [2.05, 4.69) is 29.8 Å². The van der Waals surface area contributed by atoms with Crippen molar-refractivity contribution in [1.29, 1.82) is 0 Å². The number of benzene rings is 3. The van der Waals surface area contributed by atoms with Gasteiger partial charge in [0, 0.05) is 22.8 Å². The average molecular weight is 442 g/mol. The number of nitrogens with zero attached hydrogens (tertiary/aromatic N) is 1. The standard InChI is InChI=1S/C27H25N2O2S/c1-21-15-17-25(18-16-21)32(30,31)28-20-26(23-11-5-3-6-12-23)29-19-9-10-22(2)27(29)24-13-7-4-8-14-24/h3-20,28H,1-2H3/q+1/b26-20-. The SMILES string of the molecule is Cc1ccc(S(=O)(=O)N/C=C(/c2ccccc2)[n+]2cccc(C)c2-c2ccccc2)cc1. The molecule has 160 valence electrons. The maximum Gasteiger partial charge on any atom is 0.261 e. The quantitative estimate of drug-likeness (QED) is 0.424. The van der Waals surface area contributed by atoms with Crippen molar-refractivity contribution in [3.63, 3.8) is 0 Å². The molecule has 4 aromatic rings. The van der Waals surface area contributed by atoms with E-state index in [0.29, 0.717) is 0 Å². The summed E-state index contributed by atoms with van der Waals surface area (Å²) >= 11 is 0. The third-order valence-electron chi connectivity index (χ3n) is 5.25. The summed E-state index contributed by atoms with van der Waals surface area (Å²) in [4.78, 5) is 0.226. The summed E-state index contributed by atoms with van der Waals surface area (Å²) in [6.45, 7) is 3.98. The Balaban J connectivity index is 1.85. The van der Waals surface area contributed by atoms with E-state index in [9.17, 15) is 8.42 Å². The van der Waals surface area contributed by atoms with E-state index in [4.69, 9.17) is 0 Å². The van der Waals surface area contributed by atoms with Gasteiger partial charge in [0.25, 0.3) is 10.0 Å². The molecule has 0 aliphatic rings. The Bertz CT molecular complexity index is 1350. The third-order valence-corrected chi connectivity index (χ3v) is 6.58. The van der Waals surface area contributed by atoms with Gasteiger partial charge in [0.15, 0.2) is 6.20 Å². The van der Waals surface area contributed by atoms with Gasteiger partial charge in [-0.2, -0.15) is 4.57 Å². The highest BCUT2D eigenvalue weighted by atomic mass is 32.2. The number of rotatable bonds is 6. The van der Waals surface area contributed by atoms with Gasteiger partial charge in [0.05, 0.1) is 11.1 Å². The topological polar surface area (TPSA) is 50.1 Å². The van der Waals surface area contributed by atoms with Gasteiger partial charge in [-0.25, -0.2) is 8.42 Å². The summed E-state index contributed by atoms with van der Waals surface area (Å²) < 4.78 is 30.6. The van der Waals surface area contributed by atoms with Gasteiger partial charge in [-0.1, -0.05) is 54.1 Å². The summed E-state index contributed by atoms with van der Waals surface area (Å²) in [6, 6.07) is 30.7. The van der Waals surface area contributed by atoms with Crippen molar-refractivity contribution in [3.8, 4) is 11.3 Å². The summed E-state index contributed by atoms with van der Waals surface area (Å²) in [6.07, 6.45) is 3.52. The Hall–Kier alpha value is -3.70. The first-order valence-electron chi connectivity index (χ1n) is 10.4. The number of hydrogen-bond donors (Lipinski definition) is 1. The van der Waals surface area contributed by atoms with E-state index in [1.165, 1.54) is 0 Å². The van der Waals surface area contributed by atoms with Crippen LogP contribution in [-0.2, 0) is 10.0 Å². The molecule has 1 N–H and O–H groups in total. The lowest BCUT2D eigenvalue weighted by molar-refractivity contribution is -0.567. The number of pyridine rings is 1. The molecule has 1 aromatic heterocycles. The van der Waals surface area contributed by atoms with Crippen LogP contribution in [-0.4, -0.2) is 8.42 Å². The maximum absolute atomic E-state index is 13.0. The predicted molar refractivity (Wildman–Crippen MR) is 128 cm³/mol. The normalized spacial score (nSPS) is 11.9. The zero-order valence-electron chi connectivity index (χ0n) is 18.1. The first-order chi connectivity index (χ1) is 15.5. The van der Waals surface area contributed by atoms with Crippen molar-refractivity contribution >= 4 is 15.7 Å². The molecule has 0 saturated heterocycles. The van der Waals surface area contributed by atoms with Crippen LogP contribution in [0.1, 0.15) is 16.7 Å². The second-order valence-electron chi connectivity index (χ2n) is 7.61. The third kappa shape index (κ3) is 4.63. The Morgan fingerprint density at radius 3 is 2.06 bits per heavy atom. The van der Waals surface area contributed by atoms with E-state index < -0.39 is 10.0 Å². The van der Waals surface area contributed by atoms with Gasteiger partial charge in [0.2, 0.25) is 11.4 Å². The largest absolute Gasteiger partial charge is 0.280 e. The molecule has 0 spiro atoms. The average Bonchev–Trinajstić information content (AvgIpc) is 2.81. The lowest BCUT2D eigenvalue weighted by Gasteiger charge is -2.11. The molecule has 0 radical (unpaired) electrons. The minimum Gasteiger partial charge on any atom is -0.280 e. The van der Waals surface area contributed by atoms with Gasteiger partial charge in [-0.05, 0) is 56.3 Å². The van der Waals surface area contributed by atoms with Crippen LogP contribution in [0.25, 0.3) is 17.0 Å². The number of hydrogen-bond acceptors (Lipinski definition) is 2. The van der Waals surface area contributed by atoms with Crippen LogP contribution >= 0.6 is 0 Å². The lowest BCUT2D eigenvalue weighted by Crippen LogP contribution is -2.37. The van der Waals surface area contributed by atoms with Crippen LogP contribution in [0.5, 0.6) is 0 Å². The van der Waals surface area contributed by atoms with E-state index >= 15 is 0 Å². The van der Waals surface area contributed by atoms with Crippen LogP contribution in [0.3, 0.4) is 0 Å². The minimum atomic E-state index is -3.72. The summed E-state index contributed by atoms with van der Waals surface area (Å²) in [5.41, 5.74) is 5.76. The second kappa shape index (κ2) is 9.20. The molecule has 5 heteroatoms. The Morgan fingerprint density at radius 1 is 0.781 bits per heavy atom. The molecular weight excluding hydrogens is 416 g/mol. The van der Waals surface area contributed by atoms with Crippen molar-refractivity contribution < 1.29 is 13.0 Å². The first kappa shape index (κ1) is 21.5. The molecular formula is C27H25N2O2S+. The van der Waals surface area contributed by atoms with Crippen molar-refractivity contribution in [1.82, 2.24) is 4.72 Å². The molecule has 0 atom stereocenters. The van der Waals surface area contributed by atoms with Crippen molar-refractivity contribution in [2.45, 2.75) is 18.7 Å². The number of nitrogens with one attached hydrogen (secondary N) is 1. The molecule has 0 unspecified atom stereocenters. The summed E-state index contributed by atoms with van der Waals surface area (Å²) in [5, 5.41) is 0. The Kier molecular flexibility index (Phi) is 6.19. The fraction of sp³-hybridized carbons (Fsp3) is 0.0741. The summed E-state index contributed by atoms with van der Waals surface area (Å²) in [7, 11) is -3.72. The molecule has 4 nitrogen and oxygen atoms in total. The van der Waals surface area contributed by atoms with E-state index in [1.807, 2.05) is 72.3 Å². The van der Waals surface area contributed by atoms with Crippen LogP contribution in [0.4, 0.5) is 0 Å². The predicted octanol–water partition coefficient (Wildman–Crippen LogP) is 5.08. The fourth-order valence-corrected chi connectivity index (χ4v) is 4.50. The highest BCUT2D eigenvalue weighted by molar-refractivity contribution is 7.89. The molecule has 32 heavy (non-hydrogen) atoms. The van der Waals surface area contributed by atoms with Crippen molar-refractivity contribution in [2.24, 2.45) is 0 Å². The van der Waals surface area contributed by atoms with Crippen molar-refractivity contribution in [3.05, 3.63) is 126 Å². The molecule has 4 rings (SSSR count). The number of sulfonamides is 1. The molecule has 0 saturated carbocycles. The zero-order valence-corrected chi connectivity index (χ0v) is 18.9. The Morgan fingerprint density at radius 2 is 1.41 bits per heavy atom. The van der Waals surface area contributed by atoms with Crippen LogP contribution in [0, 0.1) is 13.8 Å². The first-order valence-corrected chi connectivity index (χ1v) is 11.9. The molecule has 0 bridgehead atoms. The smallest absolute Gasteiger partial charge is 0.261 e. The zero-order chi connectivity index (χ0) is 22.6. The van der Waals surface area contributed by atoms with E-state index in [1.54, 1.807) is 30.5 Å². The van der Waals surface area contributed by atoms with Gasteiger partial charge in [-0.3, -0.25) is 4.72 Å². The monoisotopic (exact) mass is 441 g/mol.